The molecular formula is C16H21N3O. The van der Waals surface area contributed by atoms with Gasteiger partial charge in [0.25, 0.3) is 0 Å². The molecular weight excluding hydrogens is 250 g/mol. The Morgan fingerprint density at radius 1 is 1.30 bits per heavy atom. The molecule has 1 aromatic rings. The fraction of sp³-hybridized carbons (Fsp3) is 0.500. The third kappa shape index (κ3) is 3.51. The maximum absolute atomic E-state index is 12.0. The van der Waals surface area contributed by atoms with Gasteiger partial charge < -0.3 is 10.2 Å². The van der Waals surface area contributed by atoms with E-state index < -0.39 is 0 Å². The van der Waals surface area contributed by atoms with Crippen molar-refractivity contribution in [1.29, 1.82) is 5.26 Å². The lowest BCUT2D eigenvalue weighted by atomic mass is 9.95. The van der Waals surface area contributed by atoms with E-state index in [1.807, 2.05) is 38.1 Å². The Balaban J connectivity index is 1.90. The molecule has 1 N–H and O–H groups in total. The number of hydrogen-bond donors (Lipinski definition) is 1. The Bertz CT molecular complexity index is 493. The highest BCUT2D eigenvalue weighted by Crippen LogP contribution is 2.23. The van der Waals surface area contributed by atoms with Crippen molar-refractivity contribution in [2.75, 3.05) is 18.0 Å². The van der Waals surface area contributed by atoms with Crippen LogP contribution in [0.1, 0.15) is 32.3 Å². The van der Waals surface area contributed by atoms with Crippen LogP contribution in [0.5, 0.6) is 0 Å². The van der Waals surface area contributed by atoms with Crippen LogP contribution in [-0.2, 0) is 4.79 Å². The molecule has 1 aromatic carbocycles. The van der Waals surface area contributed by atoms with Crippen molar-refractivity contribution in [3.05, 3.63) is 29.8 Å². The van der Waals surface area contributed by atoms with Gasteiger partial charge in [-0.3, -0.25) is 4.79 Å². The predicted octanol–water partition coefficient (Wildman–Crippen LogP) is 2.30. The third-order valence-electron chi connectivity index (χ3n) is 3.66. The van der Waals surface area contributed by atoms with Crippen LogP contribution in [0.15, 0.2) is 24.3 Å². The summed E-state index contributed by atoms with van der Waals surface area (Å²) in [5, 5.41) is 11.8. The summed E-state index contributed by atoms with van der Waals surface area (Å²) in [6.45, 7) is 5.76. The summed E-state index contributed by atoms with van der Waals surface area (Å²) in [6, 6.07) is 9.97. The lowest BCUT2D eigenvalue weighted by Crippen LogP contribution is -2.42. The molecule has 0 atom stereocenters. The number of benzene rings is 1. The number of piperidine rings is 1. The number of rotatable bonds is 3. The second kappa shape index (κ2) is 6.42. The van der Waals surface area contributed by atoms with Crippen molar-refractivity contribution >= 4 is 11.6 Å². The molecule has 0 saturated carbocycles. The van der Waals surface area contributed by atoms with Gasteiger partial charge in [-0.15, -0.1) is 0 Å². The van der Waals surface area contributed by atoms with E-state index in [0.717, 1.165) is 31.6 Å². The second-order valence-electron chi connectivity index (χ2n) is 5.58. The quantitative estimate of drug-likeness (QED) is 0.917. The number of hydrogen-bond acceptors (Lipinski definition) is 3. The van der Waals surface area contributed by atoms with Gasteiger partial charge in [-0.05, 0) is 51.0 Å². The molecule has 4 heteroatoms. The van der Waals surface area contributed by atoms with Gasteiger partial charge in [0.15, 0.2) is 0 Å². The van der Waals surface area contributed by atoms with Gasteiger partial charge in [0.1, 0.15) is 0 Å². The molecule has 1 fully saturated rings. The Hall–Kier alpha value is -2.02. The first-order valence-corrected chi connectivity index (χ1v) is 7.15. The van der Waals surface area contributed by atoms with Crippen LogP contribution in [0.2, 0.25) is 0 Å². The highest BCUT2D eigenvalue weighted by Gasteiger charge is 2.25. The number of carbonyl (C=O) groups excluding carboxylic acids is 1. The normalized spacial score (nSPS) is 16.0. The largest absolute Gasteiger partial charge is 0.371 e. The van der Waals surface area contributed by atoms with Gasteiger partial charge in [0.2, 0.25) is 5.91 Å². The molecule has 2 rings (SSSR count). The summed E-state index contributed by atoms with van der Waals surface area (Å²) in [7, 11) is 0. The summed E-state index contributed by atoms with van der Waals surface area (Å²) in [5.74, 6) is 0.312. The van der Waals surface area contributed by atoms with Gasteiger partial charge in [-0.2, -0.15) is 5.26 Å². The Kier molecular flexibility index (Phi) is 4.62. The van der Waals surface area contributed by atoms with Crippen LogP contribution in [-0.4, -0.2) is 25.0 Å². The molecule has 0 unspecified atom stereocenters. The van der Waals surface area contributed by atoms with E-state index in [4.69, 9.17) is 5.26 Å². The van der Waals surface area contributed by atoms with E-state index in [1.54, 1.807) is 0 Å². The molecule has 1 saturated heterocycles. The van der Waals surface area contributed by atoms with E-state index in [0.29, 0.717) is 5.56 Å². The molecule has 0 aromatic heterocycles. The van der Waals surface area contributed by atoms with Crippen molar-refractivity contribution in [2.45, 2.75) is 32.7 Å². The topological polar surface area (TPSA) is 56.1 Å². The number of nitrogens with one attached hydrogen (secondary N) is 1. The first kappa shape index (κ1) is 14.4. The van der Waals surface area contributed by atoms with E-state index >= 15 is 0 Å². The Labute approximate surface area is 120 Å². The summed E-state index contributed by atoms with van der Waals surface area (Å²) in [4.78, 5) is 14.2. The molecule has 1 aliphatic heterocycles. The minimum absolute atomic E-state index is 0.132. The van der Waals surface area contributed by atoms with Gasteiger partial charge in [0.05, 0.1) is 11.6 Å². The van der Waals surface area contributed by atoms with Crippen molar-refractivity contribution in [2.24, 2.45) is 5.92 Å². The Morgan fingerprint density at radius 2 is 1.90 bits per heavy atom. The monoisotopic (exact) mass is 271 g/mol. The van der Waals surface area contributed by atoms with Crippen molar-refractivity contribution in [3.8, 4) is 6.07 Å². The first-order chi connectivity index (χ1) is 9.60. The zero-order valence-electron chi connectivity index (χ0n) is 12.1. The average Bonchev–Trinajstić information content (AvgIpc) is 2.47. The average molecular weight is 271 g/mol. The van der Waals surface area contributed by atoms with E-state index in [9.17, 15) is 4.79 Å². The molecule has 0 spiro atoms. The molecule has 0 radical (unpaired) electrons. The van der Waals surface area contributed by atoms with Gasteiger partial charge in [-0.1, -0.05) is 0 Å². The fourth-order valence-electron chi connectivity index (χ4n) is 2.55. The SMILES string of the molecule is CC(C)NC(=O)C1CCN(c2ccc(C#N)cc2)CC1. The standard InChI is InChI=1S/C16H21N3O/c1-12(2)18-16(20)14-7-9-19(10-8-14)15-5-3-13(11-17)4-6-15/h3-6,12,14H,7-10H2,1-2H3,(H,18,20). The summed E-state index contributed by atoms with van der Waals surface area (Å²) in [5.41, 5.74) is 1.81. The number of amides is 1. The molecule has 1 amide bonds. The third-order valence-corrected chi connectivity index (χ3v) is 3.66. The van der Waals surface area contributed by atoms with E-state index in [1.165, 1.54) is 0 Å². The molecule has 106 valence electrons. The lowest BCUT2D eigenvalue weighted by molar-refractivity contribution is -0.126. The molecule has 20 heavy (non-hydrogen) atoms. The van der Waals surface area contributed by atoms with Gasteiger partial charge >= 0.3 is 0 Å². The van der Waals surface area contributed by atoms with Crippen LogP contribution in [0.4, 0.5) is 5.69 Å². The maximum Gasteiger partial charge on any atom is 0.223 e. The Morgan fingerprint density at radius 3 is 2.40 bits per heavy atom. The minimum Gasteiger partial charge on any atom is -0.371 e. The predicted molar refractivity (Wildman–Crippen MR) is 79.4 cm³/mol. The van der Waals surface area contributed by atoms with Crippen LogP contribution in [0.25, 0.3) is 0 Å². The van der Waals surface area contributed by atoms with Crippen molar-refractivity contribution in [1.82, 2.24) is 5.32 Å². The summed E-state index contributed by atoms with van der Waals surface area (Å²) >= 11 is 0. The van der Waals surface area contributed by atoms with Crippen molar-refractivity contribution in [3.63, 3.8) is 0 Å². The summed E-state index contributed by atoms with van der Waals surface area (Å²) < 4.78 is 0. The van der Waals surface area contributed by atoms with E-state index in [2.05, 4.69) is 16.3 Å². The minimum atomic E-state index is 0.132. The molecule has 0 bridgehead atoms. The lowest BCUT2D eigenvalue weighted by Gasteiger charge is -2.33. The van der Waals surface area contributed by atoms with Crippen molar-refractivity contribution < 1.29 is 4.79 Å². The van der Waals surface area contributed by atoms with Crippen LogP contribution >= 0.6 is 0 Å². The zero-order chi connectivity index (χ0) is 14.5. The van der Waals surface area contributed by atoms with Gasteiger partial charge in [-0.25, -0.2) is 0 Å². The van der Waals surface area contributed by atoms with Crippen LogP contribution in [0.3, 0.4) is 0 Å². The van der Waals surface area contributed by atoms with E-state index in [-0.39, 0.29) is 17.9 Å². The number of nitriles is 1. The molecule has 0 aliphatic carbocycles. The smallest absolute Gasteiger partial charge is 0.223 e. The first-order valence-electron chi connectivity index (χ1n) is 7.15. The molecule has 1 aliphatic rings. The summed E-state index contributed by atoms with van der Waals surface area (Å²) in [6.07, 6.45) is 1.77. The fourth-order valence-corrected chi connectivity index (χ4v) is 2.55. The number of nitrogens with zero attached hydrogens (tertiary/aromatic N) is 2. The molecule has 1 heterocycles. The maximum atomic E-state index is 12.0. The second-order valence-corrected chi connectivity index (χ2v) is 5.58. The zero-order valence-corrected chi connectivity index (χ0v) is 12.1. The highest BCUT2D eigenvalue weighted by atomic mass is 16.1. The number of carbonyl (C=O) groups is 1. The highest BCUT2D eigenvalue weighted by molar-refractivity contribution is 5.79. The van der Waals surface area contributed by atoms with Crippen LogP contribution in [0, 0.1) is 17.2 Å². The number of anilines is 1. The van der Waals surface area contributed by atoms with Crippen LogP contribution < -0.4 is 10.2 Å². The molecule has 4 nitrogen and oxygen atoms in total. The van der Waals surface area contributed by atoms with Gasteiger partial charge in [0, 0.05) is 30.7 Å².